The summed E-state index contributed by atoms with van der Waals surface area (Å²) in [5, 5.41) is 0. The molecule has 1 rings (SSSR count). The predicted octanol–water partition coefficient (Wildman–Crippen LogP) is 2.06. The van der Waals surface area contributed by atoms with E-state index in [1.165, 1.54) is 18.2 Å². The van der Waals surface area contributed by atoms with Crippen LogP contribution in [0.3, 0.4) is 0 Å². The first-order chi connectivity index (χ1) is 6.16. The molecule has 0 bridgehead atoms. The molecule has 0 saturated carbocycles. The molecular formula is C8H3BrFNO2. The number of carbonyl (C=O) groups excluding carboxylic acids is 2. The summed E-state index contributed by atoms with van der Waals surface area (Å²) in [6.45, 7) is 0. The lowest BCUT2D eigenvalue weighted by molar-refractivity contribution is 0.100. The number of amides is 1. The van der Waals surface area contributed by atoms with E-state index in [-0.39, 0.29) is 10.0 Å². The fourth-order valence-corrected chi connectivity index (χ4v) is 1.20. The molecule has 1 amide bonds. The van der Waals surface area contributed by atoms with E-state index in [4.69, 9.17) is 0 Å². The van der Waals surface area contributed by atoms with Gasteiger partial charge in [-0.05, 0) is 28.1 Å². The summed E-state index contributed by atoms with van der Waals surface area (Å²) < 4.78 is 12.8. The van der Waals surface area contributed by atoms with Crippen molar-refractivity contribution in [1.29, 1.82) is 0 Å². The van der Waals surface area contributed by atoms with Gasteiger partial charge in [0, 0.05) is 0 Å². The molecule has 0 aliphatic carbocycles. The summed E-state index contributed by atoms with van der Waals surface area (Å²) in [6.07, 6.45) is 1.09. The zero-order chi connectivity index (χ0) is 9.84. The molecule has 66 valence electrons. The smallest absolute Gasteiger partial charge is 0.266 e. The van der Waals surface area contributed by atoms with Crippen molar-refractivity contribution in [3.8, 4) is 0 Å². The Labute approximate surface area is 81.4 Å². The van der Waals surface area contributed by atoms with Gasteiger partial charge in [-0.25, -0.2) is 9.18 Å². The molecule has 0 aromatic heterocycles. The average Bonchev–Trinajstić information content (AvgIpc) is 2.10. The van der Waals surface area contributed by atoms with Gasteiger partial charge >= 0.3 is 0 Å². The van der Waals surface area contributed by atoms with E-state index in [2.05, 4.69) is 20.9 Å². The minimum absolute atomic E-state index is 0.000926. The molecule has 0 atom stereocenters. The lowest BCUT2D eigenvalue weighted by Gasteiger charge is -1.98. The van der Waals surface area contributed by atoms with Crippen molar-refractivity contribution >= 4 is 27.9 Å². The van der Waals surface area contributed by atoms with Gasteiger partial charge in [0.2, 0.25) is 6.08 Å². The molecule has 3 nitrogen and oxygen atoms in total. The third-order valence-electron chi connectivity index (χ3n) is 1.33. The summed E-state index contributed by atoms with van der Waals surface area (Å²) in [6, 6.07) is 3.90. The van der Waals surface area contributed by atoms with Crippen LogP contribution in [0.5, 0.6) is 0 Å². The van der Waals surface area contributed by atoms with E-state index in [0.717, 1.165) is 6.08 Å². The Morgan fingerprint density at radius 3 is 2.85 bits per heavy atom. The molecule has 0 spiro atoms. The van der Waals surface area contributed by atoms with Crippen molar-refractivity contribution in [2.24, 2.45) is 4.99 Å². The van der Waals surface area contributed by atoms with Crippen LogP contribution in [0.15, 0.2) is 27.7 Å². The number of benzene rings is 1. The highest BCUT2D eigenvalue weighted by molar-refractivity contribution is 9.10. The number of hydrogen-bond donors (Lipinski definition) is 0. The largest absolute Gasteiger partial charge is 0.288 e. The van der Waals surface area contributed by atoms with E-state index in [1.807, 2.05) is 0 Å². The van der Waals surface area contributed by atoms with Crippen LogP contribution in [-0.2, 0) is 4.79 Å². The molecule has 0 heterocycles. The van der Waals surface area contributed by atoms with Crippen LogP contribution >= 0.6 is 15.9 Å². The average molecular weight is 244 g/mol. The second-order valence-corrected chi connectivity index (χ2v) is 2.90. The first-order valence-corrected chi connectivity index (χ1v) is 4.02. The van der Waals surface area contributed by atoms with Crippen LogP contribution in [0.4, 0.5) is 4.39 Å². The van der Waals surface area contributed by atoms with Gasteiger partial charge in [0.05, 0.1) is 10.0 Å². The quantitative estimate of drug-likeness (QED) is 0.560. The zero-order valence-corrected chi connectivity index (χ0v) is 7.84. The van der Waals surface area contributed by atoms with Crippen LogP contribution < -0.4 is 0 Å². The molecule has 0 saturated heterocycles. The van der Waals surface area contributed by atoms with Gasteiger partial charge in [-0.2, -0.15) is 0 Å². The van der Waals surface area contributed by atoms with Crippen molar-refractivity contribution in [2.45, 2.75) is 0 Å². The number of nitrogens with zero attached hydrogens (tertiary/aromatic N) is 1. The van der Waals surface area contributed by atoms with Crippen molar-refractivity contribution in [3.05, 3.63) is 34.1 Å². The van der Waals surface area contributed by atoms with Crippen molar-refractivity contribution in [2.75, 3.05) is 0 Å². The number of aliphatic imine (C=N–C) groups is 1. The van der Waals surface area contributed by atoms with Crippen molar-refractivity contribution in [1.82, 2.24) is 0 Å². The van der Waals surface area contributed by atoms with E-state index in [0.29, 0.717) is 0 Å². The molecule has 0 unspecified atom stereocenters. The van der Waals surface area contributed by atoms with Gasteiger partial charge in [-0.1, -0.05) is 6.07 Å². The third kappa shape index (κ3) is 2.08. The minimum Gasteiger partial charge on any atom is -0.266 e. The highest BCUT2D eigenvalue weighted by Crippen LogP contribution is 2.20. The number of hydrogen-bond acceptors (Lipinski definition) is 2. The van der Waals surface area contributed by atoms with E-state index in [9.17, 15) is 14.0 Å². The summed E-state index contributed by atoms with van der Waals surface area (Å²) in [7, 11) is 0. The number of rotatable bonds is 1. The molecule has 0 fully saturated rings. The molecule has 0 N–H and O–H groups in total. The van der Waals surface area contributed by atoms with E-state index in [1.54, 1.807) is 0 Å². The highest BCUT2D eigenvalue weighted by Gasteiger charge is 2.11. The molecule has 13 heavy (non-hydrogen) atoms. The Morgan fingerprint density at radius 1 is 1.54 bits per heavy atom. The Bertz CT molecular complexity index is 399. The maximum atomic E-state index is 12.8. The van der Waals surface area contributed by atoms with Gasteiger partial charge < -0.3 is 0 Å². The minimum atomic E-state index is -0.818. The number of halogens is 2. The first kappa shape index (κ1) is 9.77. The van der Waals surface area contributed by atoms with Crippen molar-refractivity contribution < 1.29 is 14.0 Å². The number of carbonyl (C=O) groups is 1. The lowest BCUT2D eigenvalue weighted by Crippen LogP contribution is -1.97. The standard InChI is InChI=1S/C8H3BrFNO2/c9-7-5(8(13)11-4-12)2-1-3-6(7)10/h1-3H. The zero-order valence-electron chi connectivity index (χ0n) is 6.25. The molecule has 5 heteroatoms. The lowest BCUT2D eigenvalue weighted by atomic mass is 10.2. The van der Waals surface area contributed by atoms with Crippen LogP contribution in [-0.4, -0.2) is 12.0 Å². The SMILES string of the molecule is O=C=NC(=O)c1cccc(F)c1Br. The third-order valence-corrected chi connectivity index (χ3v) is 2.14. The van der Waals surface area contributed by atoms with Gasteiger partial charge in [0.1, 0.15) is 5.82 Å². The van der Waals surface area contributed by atoms with Crippen molar-refractivity contribution in [3.63, 3.8) is 0 Å². The second kappa shape index (κ2) is 4.07. The van der Waals surface area contributed by atoms with Gasteiger partial charge in [0.25, 0.3) is 5.91 Å². The van der Waals surface area contributed by atoms with E-state index >= 15 is 0 Å². The predicted molar refractivity (Wildman–Crippen MR) is 46.6 cm³/mol. The summed E-state index contributed by atoms with van der Waals surface area (Å²) in [4.78, 5) is 23.6. The first-order valence-electron chi connectivity index (χ1n) is 3.23. The molecule has 0 aliphatic heterocycles. The van der Waals surface area contributed by atoms with Gasteiger partial charge in [-0.15, -0.1) is 4.99 Å². The van der Waals surface area contributed by atoms with Crippen LogP contribution in [0.2, 0.25) is 0 Å². The Balaban J connectivity index is 3.22. The molecular weight excluding hydrogens is 241 g/mol. The topological polar surface area (TPSA) is 46.5 Å². The summed E-state index contributed by atoms with van der Waals surface area (Å²) >= 11 is 2.87. The normalized spacial score (nSPS) is 9.08. The maximum absolute atomic E-state index is 12.8. The van der Waals surface area contributed by atoms with Crippen LogP contribution in [0.25, 0.3) is 0 Å². The molecule has 1 aromatic carbocycles. The Kier molecular flexibility index (Phi) is 3.06. The fourth-order valence-electron chi connectivity index (χ4n) is 0.771. The van der Waals surface area contributed by atoms with Crippen LogP contribution in [0, 0.1) is 5.82 Å². The highest BCUT2D eigenvalue weighted by atomic mass is 79.9. The summed E-state index contributed by atoms with van der Waals surface area (Å²) in [5.74, 6) is -1.40. The monoisotopic (exact) mass is 243 g/mol. The molecule has 0 aliphatic rings. The van der Waals surface area contributed by atoms with E-state index < -0.39 is 11.7 Å². The van der Waals surface area contributed by atoms with Crippen LogP contribution in [0.1, 0.15) is 10.4 Å². The molecule has 0 radical (unpaired) electrons. The van der Waals surface area contributed by atoms with Gasteiger partial charge in [-0.3, -0.25) is 4.79 Å². The Morgan fingerprint density at radius 2 is 2.23 bits per heavy atom. The molecule has 1 aromatic rings. The second-order valence-electron chi connectivity index (χ2n) is 2.11. The van der Waals surface area contributed by atoms with Gasteiger partial charge in [0.15, 0.2) is 0 Å². The number of isocyanates is 1. The maximum Gasteiger partial charge on any atom is 0.288 e. The summed E-state index contributed by atoms with van der Waals surface area (Å²) in [5.41, 5.74) is 0.00310. The Hall–Kier alpha value is -1.32. The fraction of sp³-hybridized carbons (Fsp3) is 0.